The lowest BCUT2D eigenvalue weighted by Crippen LogP contribution is -1.84. The van der Waals surface area contributed by atoms with Gasteiger partial charge >= 0.3 is 5.97 Å². The Morgan fingerprint density at radius 2 is 2.20 bits per heavy atom. The molecule has 0 saturated heterocycles. The minimum atomic E-state index is -0.902. The zero-order valence-electron chi connectivity index (χ0n) is 6.08. The van der Waals surface area contributed by atoms with Crippen molar-refractivity contribution in [2.24, 2.45) is 0 Å². The van der Waals surface area contributed by atoms with Gasteiger partial charge in [0.2, 0.25) is 0 Å². The van der Waals surface area contributed by atoms with Crippen molar-refractivity contribution in [2.45, 2.75) is 19.8 Å². The van der Waals surface area contributed by atoms with E-state index in [2.05, 4.69) is 6.92 Å². The summed E-state index contributed by atoms with van der Waals surface area (Å²) < 4.78 is 0. The zero-order chi connectivity index (χ0) is 7.82. The number of unbranched alkanes of at least 4 members (excludes halogenated alkanes) is 1. The minimum Gasteiger partial charge on any atom is -0.478 e. The average Bonchev–Trinajstić information content (AvgIpc) is 1.87. The Labute approximate surface area is 60.9 Å². The molecule has 0 aromatic heterocycles. The average molecular weight is 140 g/mol. The molecule has 0 aliphatic heterocycles. The monoisotopic (exact) mass is 140 g/mol. The molecule has 0 aromatic rings. The molecule has 0 rings (SSSR count). The first-order valence-electron chi connectivity index (χ1n) is 3.33. The summed E-state index contributed by atoms with van der Waals surface area (Å²) in [6.45, 7) is 2.07. The summed E-state index contributed by atoms with van der Waals surface area (Å²) >= 11 is 0. The van der Waals surface area contributed by atoms with Gasteiger partial charge in [-0.3, -0.25) is 0 Å². The topological polar surface area (TPSA) is 37.3 Å². The number of carboxylic acids is 1. The summed E-state index contributed by atoms with van der Waals surface area (Å²) in [7, 11) is 0. The quantitative estimate of drug-likeness (QED) is 0.479. The smallest absolute Gasteiger partial charge is 0.328 e. The van der Waals surface area contributed by atoms with E-state index < -0.39 is 5.97 Å². The van der Waals surface area contributed by atoms with Crippen LogP contribution in [0.2, 0.25) is 0 Å². The summed E-state index contributed by atoms with van der Waals surface area (Å²) in [5.41, 5.74) is 0. The van der Waals surface area contributed by atoms with E-state index in [1.54, 1.807) is 6.08 Å². The predicted molar refractivity (Wildman–Crippen MR) is 40.8 cm³/mol. The van der Waals surface area contributed by atoms with Crippen molar-refractivity contribution >= 4 is 5.97 Å². The van der Waals surface area contributed by atoms with Crippen LogP contribution in [0.15, 0.2) is 24.3 Å². The molecule has 0 saturated carbocycles. The van der Waals surface area contributed by atoms with Crippen LogP contribution in [0.1, 0.15) is 19.8 Å². The van der Waals surface area contributed by atoms with E-state index in [9.17, 15) is 4.79 Å². The van der Waals surface area contributed by atoms with Crippen LogP contribution in [0.4, 0.5) is 0 Å². The summed E-state index contributed by atoms with van der Waals surface area (Å²) in [4.78, 5) is 9.91. The van der Waals surface area contributed by atoms with Gasteiger partial charge in [-0.2, -0.15) is 0 Å². The molecule has 0 unspecified atom stereocenters. The Kier molecular flexibility index (Phi) is 5.44. The molecule has 0 aliphatic rings. The van der Waals surface area contributed by atoms with E-state index in [0.29, 0.717) is 0 Å². The summed E-state index contributed by atoms with van der Waals surface area (Å²) in [6.07, 6.45) is 8.43. The van der Waals surface area contributed by atoms with E-state index in [1.807, 2.05) is 6.08 Å². The van der Waals surface area contributed by atoms with Crippen LogP contribution in [0.5, 0.6) is 0 Å². The maximum absolute atomic E-state index is 9.91. The van der Waals surface area contributed by atoms with Gasteiger partial charge in [-0.25, -0.2) is 4.79 Å². The van der Waals surface area contributed by atoms with E-state index in [4.69, 9.17) is 5.11 Å². The molecule has 56 valence electrons. The molecule has 0 spiro atoms. The SMILES string of the molecule is CCC/C=C/C=C\C(=O)O. The summed E-state index contributed by atoms with van der Waals surface area (Å²) in [6, 6.07) is 0. The molecule has 0 heterocycles. The van der Waals surface area contributed by atoms with Gasteiger partial charge in [-0.15, -0.1) is 0 Å². The molecule has 0 amide bonds. The summed E-state index contributed by atoms with van der Waals surface area (Å²) in [5, 5.41) is 8.15. The third-order valence-electron chi connectivity index (χ3n) is 0.941. The van der Waals surface area contributed by atoms with E-state index >= 15 is 0 Å². The van der Waals surface area contributed by atoms with Crippen LogP contribution in [0.3, 0.4) is 0 Å². The molecule has 2 nitrogen and oxygen atoms in total. The van der Waals surface area contributed by atoms with Crippen molar-refractivity contribution in [1.82, 2.24) is 0 Å². The fourth-order valence-corrected chi connectivity index (χ4v) is 0.479. The summed E-state index contributed by atoms with van der Waals surface area (Å²) in [5.74, 6) is -0.902. The van der Waals surface area contributed by atoms with Crippen LogP contribution in [0.25, 0.3) is 0 Å². The van der Waals surface area contributed by atoms with Crippen molar-refractivity contribution in [3.05, 3.63) is 24.3 Å². The van der Waals surface area contributed by atoms with Crippen LogP contribution in [-0.2, 0) is 4.79 Å². The van der Waals surface area contributed by atoms with Crippen molar-refractivity contribution in [3.63, 3.8) is 0 Å². The second-order valence-corrected chi connectivity index (χ2v) is 1.91. The molecule has 0 aromatic carbocycles. The van der Waals surface area contributed by atoms with E-state index in [-0.39, 0.29) is 0 Å². The lowest BCUT2D eigenvalue weighted by molar-refractivity contribution is -0.131. The van der Waals surface area contributed by atoms with Crippen molar-refractivity contribution < 1.29 is 9.90 Å². The number of carbonyl (C=O) groups is 1. The number of hydrogen-bond donors (Lipinski definition) is 1. The molecular formula is C8H12O2. The third-order valence-corrected chi connectivity index (χ3v) is 0.941. The fraction of sp³-hybridized carbons (Fsp3) is 0.375. The van der Waals surface area contributed by atoms with Gasteiger partial charge in [0.05, 0.1) is 0 Å². The third kappa shape index (κ3) is 6.95. The van der Waals surface area contributed by atoms with E-state index in [1.165, 1.54) is 6.08 Å². The highest BCUT2D eigenvalue weighted by atomic mass is 16.4. The van der Waals surface area contributed by atoms with Crippen LogP contribution < -0.4 is 0 Å². The number of allylic oxidation sites excluding steroid dienone is 3. The zero-order valence-corrected chi connectivity index (χ0v) is 6.08. The lowest BCUT2D eigenvalue weighted by Gasteiger charge is -1.79. The van der Waals surface area contributed by atoms with Gasteiger partial charge in [0, 0.05) is 6.08 Å². The molecule has 0 bridgehead atoms. The second-order valence-electron chi connectivity index (χ2n) is 1.91. The minimum absolute atomic E-state index is 0.902. The Hall–Kier alpha value is -1.05. The van der Waals surface area contributed by atoms with Gasteiger partial charge in [0.25, 0.3) is 0 Å². The number of hydrogen-bond acceptors (Lipinski definition) is 1. The highest BCUT2D eigenvalue weighted by Crippen LogP contribution is 1.88. The maximum Gasteiger partial charge on any atom is 0.328 e. The molecule has 1 N–H and O–H groups in total. The van der Waals surface area contributed by atoms with Gasteiger partial charge in [-0.05, 0) is 6.42 Å². The van der Waals surface area contributed by atoms with Crippen molar-refractivity contribution in [2.75, 3.05) is 0 Å². The van der Waals surface area contributed by atoms with Crippen LogP contribution in [-0.4, -0.2) is 11.1 Å². The maximum atomic E-state index is 9.91. The molecule has 10 heavy (non-hydrogen) atoms. The Morgan fingerprint density at radius 3 is 2.70 bits per heavy atom. The molecule has 0 radical (unpaired) electrons. The Morgan fingerprint density at radius 1 is 1.50 bits per heavy atom. The van der Waals surface area contributed by atoms with Crippen molar-refractivity contribution in [1.29, 1.82) is 0 Å². The molecule has 0 atom stereocenters. The van der Waals surface area contributed by atoms with Crippen molar-refractivity contribution in [3.8, 4) is 0 Å². The van der Waals surface area contributed by atoms with Crippen LogP contribution >= 0.6 is 0 Å². The van der Waals surface area contributed by atoms with Crippen LogP contribution in [0, 0.1) is 0 Å². The number of aliphatic carboxylic acids is 1. The normalized spacial score (nSPS) is 11.3. The largest absolute Gasteiger partial charge is 0.478 e. The van der Waals surface area contributed by atoms with E-state index in [0.717, 1.165) is 18.9 Å². The Balaban J connectivity index is 3.42. The first-order chi connectivity index (χ1) is 4.77. The standard InChI is InChI=1S/C8H12O2/c1-2-3-4-5-6-7-8(9)10/h4-7H,2-3H2,1H3,(H,9,10)/b5-4+,7-6-. The highest BCUT2D eigenvalue weighted by molar-refractivity contribution is 5.80. The Bertz CT molecular complexity index is 145. The molecular weight excluding hydrogens is 128 g/mol. The second kappa shape index (κ2) is 6.08. The number of rotatable bonds is 4. The predicted octanol–water partition coefficient (Wildman–Crippen LogP) is 1.98. The molecule has 0 fully saturated rings. The van der Waals surface area contributed by atoms with Gasteiger partial charge < -0.3 is 5.11 Å². The lowest BCUT2D eigenvalue weighted by atomic mass is 10.3. The molecule has 2 heteroatoms. The molecule has 0 aliphatic carbocycles. The van der Waals surface area contributed by atoms with Gasteiger partial charge in [0.1, 0.15) is 0 Å². The van der Waals surface area contributed by atoms with Gasteiger partial charge in [0.15, 0.2) is 0 Å². The number of carboxylic acid groups (broad SMARTS) is 1. The first kappa shape index (κ1) is 8.95. The fourth-order valence-electron chi connectivity index (χ4n) is 0.479. The first-order valence-corrected chi connectivity index (χ1v) is 3.33. The van der Waals surface area contributed by atoms with Gasteiger partial charge in [-0.1, -0.05) is 31.6 Å². The highest BCUT2D eigenvalue weighted by Gasteiger charge is 1.79.